The Morgan fingerprint density at radius 3 is 2.17 bits per heavy atom. The lowest BCUT2D eigenvalue weighted by Gasteiger charge is -2.31. The second kappa shape index (κ2) is 7.71. The number of rotatable bonds is 4. The molecule has 0 saturated carbocycles. The van der Waals surface area contributed by atoms with E-state index in [2.05, 4.69) is 0 Å². The van der Waals surface area contributed by atoms with E-state index in [1.807, 2.05) is 6.92 Å². The number of hydrogen-bond acceptors (Lipinski definition) is 5. The van der Waals surface area contributed by atoms with Crippen molar-refractivity contribution in [2.24, 2.45) is 0 Å². The monoisotopic (exact) mass is 436 g/mol. The van der Waals surface area contributed by atoms with E-state index in [0.29, 0.717) is 51.4 Å². The van der Waals surface area contributed by atoms with Gasteiger partial charge in [-0.25, -0.2) is 16.8 Å². The summed E-state index contributed by atoms with van der Waals surface area (Å²) >= 11 is 0. The number of benzene rings is 2. The molecule has 2 aromatic carbocycles. The molecule has 2 aliphatic heterocycles. The molecule has 29 heavy (non-hydrogen) atoms. The lowest BCUT2D eigenvalue weighted by Crippen LogP contribution is -2.40. The van der Waals surface area contributed by atoms with Gasteiger partial charge in [-0.3, -0.25) is 4.31 Å². The van der Waals surface area contributed by atoms with Gasteiger partial charge in [-0.1, -0.05) is 17.7 Å². The largest absolute Gasteiger partial charge is 0.379 e. The van der Waals surface area contributed by atoms with Crippen molar-refractivity contribution in [2.45, 2.75) is 29.6 Å². The zero-order chi connectivity index (χ0) is 20.6. The van der Waals surface area contributed by atoms with Crippen LogP contribution in [0.2, 0.25) is 0 Å². The fourth-order valence-electron chi connectivity index (χ4n) is 3.72. The Hall–Kier alpha value is -1.94. The Morgan fingerprint density at radius 2 is 1.48 bits per heavy atom. The molecule has 0 atom stereocenters. The van der Waals surface area contributed by atoms with Crippen molar-refractivity contribution in [1.29, 1.82) is 0 Å². The van der Waals surface area contributed by atoms with Crippen molar-refractivity contribution in [2.75, 3.05) is 37.2 Å². The molecule has 2 heterocycles. The standard InChI is InChI=1S/C20H24N2O5S2/c1-16-4-6-18(7-5-16)29(25,26)22-10-2-3-17-15-19(8-9-20(17)22)28(23,24)21-11-13-27-14-12-21/h4-9,15H,2-3,10-14H2,1H3. The second-order valence-corrected chi connectivity index (χ2v) is 11.1. The van der Waals surface area contributed by atoms with E-state index in [1.54, 1.807) is 36.4 Å². The number of aryl methyl sites for hydroxylation is 2. The molecule has 0 aliphatic carbocycles. The van der Waals surface area contributed by atoms with Crippen LogP contribution in [-0.2, 0) is 31.2 Å². The maximum absolute atomic E-state index is 13.2. The van der Waals surface area contributed by atoms with Gasteiger partial charge in [-0.05, 0) is 55.7 Å². The van der Waals surface area contributed by atoms with E-state index < -0.39 is 20.0 Å². The van der Waals surface area contributed by atoms with Crippen molar-refractivity contribution in [3.8, 4) is 0 Å². The molecule has 156 valence electrons. The molecule has 0 N–H and O–H groups in total. The Balaban J connectivity index is 1.69. The van der Waals surface area contributed by atoms with Gasteiger partial charge in [0.05, 0.1) is 28.7 Å². The lowest BCUT2D eigenvalue weighted by molar-refractivity contribution is 0.0730. The topological polar surface area (TPSA) is 84.0 Å². The van der Waals surface area contributed by atoms with E-state index in [9.17, 15) is 16.8 Å². The zero-order valence-corrected chi connectivity index (χ0v) is 17.9. The van der Waals surface area contributed by atoms with E-state index in [4.69, 9.17) is 4.74 Å². The number of hydrogen-bond donors (Lipinski definition) is 0. The predicted octanol–water partition coefficient (Wildman–Crippen LogP) is 2.16. The van der Waals surface area contributed by atoms with Crippen LogP contribution >= 0.6 is 0 Å². The van der Waals surface area contributed by atoms with Crippen molar-refractivity contribution >= 4 is 25.7 Å². The molecular formula is C20H24N2O5S2. The van der Waals surface area contributed by atoms with Gasteiger partial charge in [0.25, 0.3) is 10.0 Å². The van der Waals surface area contributed by atoms with Crippen LogP contribution in [0.5, 0.6) is 0 Å². The van der Waals surface area contributed by atoms with Crippen LogP contribution in [-0.4, -0.2) is 54.0 Å². The summed E-state index contributed by atoms with van der Waals surface area (Å²) < 4.78 is 60.3. The third kappa shape index (κ3) is 3.79. The molecule has 0 amide bonds. The summed E-state index contributed by atoms with van der Waals surface area (Å²) in [6, 6.07) is 11.5. The van der Waals surface area contributed by atoms with Gasteiger partial charge >= 0.3 is 0 Å². The summed E-state index contributed by atoms with van der Waals surface area (Å²) in [5.41, 5.74) is 2.28. The van der Waals surface area contributed by atoms with Crippen LogP contribution in [0.25, 0.3) is 0 Å². The van der Waals surface area contributed by atoms with E-state index in [1.165, 1.54) is 14.7 Å². The van der Waals surface area contributed by atoms with Crippen molar-refractivity contribution in [1.82, 2.24) is 4.31 Å². The molecule has 4 rings (SSSR count). The van der Waals surface area contributed by atoms with Crippen molar-refractivity contribution in [3.05, 3.63) is 53.6 Å². The number of morpholine rings is 1. The first-order valence-corrected chi connectivity index (χ1v) is 12.5. The van der Waals surface area contributed by atoms with Gasteiger partial charge in [0.1, 0.15) is 0 Å². The highest BCUT2D eigenvalue weighted by atomic mass is 32.2. The van der Waals surface area contributed by atoms with Crippen LogP contribution in [0.3, 0.4) is 0 Å². The Morgan fingerprint density at radius 1 is 0.828 bits per heavy atom. The highest BCUT2D eigenvalue weighted by Crippen LogP contribution is 2.34. The third-order valence-corrected chi connectivity index (χ3v) is 9.07. The third-order valence-electron chi connectivity index (χ3n) is 5.34. The smallest absolute Gasteiger partial charge is 0.264 e. The van der Waals surface area contributed by atoms with Gasteiger partial charge in [-0.2, -0.15) is 4.31 Å². The number of ether oxygens (including phenoxy) is 1. The molecule has 9 heteroatoms. The summed E-state index contributed by atoms with van der Waals surface area (Å²) in [5.74, 6) is 0. The molecular weight excluding hydrogens is 412 g/mol. The maximum Gasteiger partial charge on any atom is 0.264 e. The summed E-state index contributed by atoms with van der Waals surface area (Å²) in [6.07, 6.45) is 1.28. The molecule has 0 bridgehead atoms. The van der Waals surface area contributed by atoms with Crippen LogP contribution < -0.4 is 4.31 Å². The number of nitrogens with zero attached hydrogens (tertiary/aromatic N) is 2. The highest BCUT2D eigenvalue weighted by Gasteiger charge is 2.32. The molecule has 1 fully saturated rings. The normalized spacial score (nSPS) is 18.4. The van der Waals surface area contributed by atoms with Crippen molar-refractivity contribution < 1.29 is 21.6 Å². The first kappa shape index (κ1) is 20.3. The molecule has 0 radical (unpaired) electrons. The van der Waals surface area contributed by atoms with E-state index >= 15 is 0 Å². The first-order valence-electron chi connectivity index (χ1n) is 9.60. The fraction of sp³-hybridized carbons (Fsp3) is 0.400. The first-order chi connectivity index (χ1) is 13.8. The van der Waals surface area contributed by atoms with Gasteiger partial charge in [-0.15, -0.1) is 0 Å². The summed E-state index contributed by atoms with van der Waals surface area (Å²) in [5, 5.41) is 0. The number of fused-ring (bicyclic) bond motifs is 1. The van der Waals surface area contributed by atoms with Crippen molar-refractivity contribution in [3.63, 3.8) is 0 Å². The molecule has 2 aliphatic rings. The highest BCUT2D eigenvalue weighted by molar-refractivity contribution is 7.92. The van der Waals surface area contributed by atoms with Gasteiger partial charge in [0.2, 0.25) is 10.0 Å². The van der Waals surface area contributed by atoms with Crippen LogP contribution in [0.15, 0.2) is 52.3 Å². The Bertz CT molecular complexity index is 1110. The SMILES string of the molecule is Cc1ccc(S(=O)(=O)N2CCCc3cc(S(=O)(=O)N4CCOCC4)ccc32)cc1. The molecule has 1 saturated heterocycles. The number of anilines is 1. The summed E-state index contributed by atoms with van der Waals surface area (Å²) in [7, 11) is -7.32. The van der Waals surface area contributed by atoms with Crippen LogP contribution in [0.4, 0.5) is 5.69 Å². The number of sulfonamides is 2. The fourth-order valence-corrected chi connectivity index (χ4v) is 6.72. The molecule has 0 spiro atoms. The molecule has 0 aromatic heterocycles. The second-order valence-electron chi connectivity index (χ2n) is 7.30. The quantitative estimate of drug-likeness (QED) is 0.733. The minimum absolute atomic E-state index is 0.202. The van der Waals surface area contributed by atoms with Gasteiger partial charge in [0.15, 0.2) is 0 Å². The van der Waals surface area contributed by atoms with Crippen LogP contribution in [0.1, 0.15) is 17.5 Å². The van der Waals surface area contributed by atoms with Gasteiger partial charge < -0.3 is 4.74 Å². The molecule has 2 aromatic rings. The van der Waals surface area contributed by atoms with Gasteiger partial charge in [0, 0.05) is 19.6 Å². The molecule has 0 unspecified atom stereocenters. The average molecular weight is 437 g/mol. The summed E-state index contributed by atoms with van der Waals surface area (Å²) in [6.45, 7) is 3.70. The average Bonchev–Trinajstić information content (AvgIpc) is 2.73. The lowest BCUT2D eigenvalue weighted by atomic mass is 10.0. The Labute approximate surface area is 172 Å². The van der Waals surface area contributed by atoms with E-state index in [-0.39, 0.29) is 9.79 Å². The maximum atomic E-state index is 13.2. The molecule has 7 nitrogen and oxygen atoms in total. The Kier molecular flexibility index (Phi) is 5.41. The van der Waals surface area contributed by atoms with Crippen LogP contribution in [0, 0.1) is 6.92 Å². The zero-order valence-electron chi connectivity index (χ0n) is 16.2. The summed E-state index contributed by atoms with van der Waals surface area (Å²) in [4.78, 5) is 0.439. The predicted molar refractivity (Wildman–Crippen MR) is 110 cm³/mol. The minimum Gasteiger partial charge on any atom is -0.379 e. The minimum atomic E-state index is -3.70. The van der Waals surface area contributed by atoms with E-state index in [0.717, 1.165) is 11.1 Å².